The van der Waals surface area contributed by atoms with E-state index in [1.54, 1.807) is 10.9 Å². The SMILES string of the molecule is Cc1ccc(Nc2c(C(=O)NCc3ccc4c(c3)OCO4)cnc3c2c(C)nn3C)cc1. The predicted molar refractivity (Wildman–Crippen MR) is 121 cm³/mol. The zero-order chi connectivity index (χ0) is 22.2. The number of fused-ring (bicyclic) bond motifs is 2. The Bertz CT molecular complexity index is 1330. The second-order valence-corrected chi connectivity index (χ2v) is 7.82. The van der Waals surface area contributed by atoms with Gasteiger partial charge >= 0.3 is 0 Å². The van der Waals surface area contributed by atoms with E-state index in [2.05, 4.69) is 20.7 Å². The minimum atomic E-state index is -0.227. The Hall–Kier alpha value is -4.07. The summed E-state index contributed by atoms with van der Waals surface area (Å²) in [5.41, 5.74) is 5.62. The zero-order valence-corrected chi connectivity index (χ0v) is 18.1. The summed E-state index contributed by atoms with van der Waals surface area (Å²) in [6, 6.07) is 13.7. The highest BCUT2D eigenvalue weighted by Crippen LogP contribution is 2.33. The molecule has 0 saturated heterocycles. The Kier molecular flexibility index (Phi) is 4.89. The van der Waals surface area contributed by atoms with Crippen molar-refractivity contribution >= 4 is 28.3 Å². The molecule has 0 bridgehead atoms. The van der Waals surface area contributed by atoms with Gasteiger partial charge in [-0.25, -0.2) is 4.98 Å². The largest absolute Gasteiger partial charge is 0.454 e. The van der Waals surface area contributed by atoms with E-state index in [-0.39, 0.29) is 12.7 Å². The van der Waals surface area contributed by atoms with Gasteiger partial charge in [-0.2, -0.15) is 5.10 Å². The van der Waals surface area contributed by atoms with Crippen molar-refractivity contribution in [1.29, 1.82) is 0 Å². The second kappa shape index (κ2) is 7.88. The first-order valence-corrected chi connectivity index (χ1v) is 10.3. The van der Waals surface area contributed by atoms with E-state index in [0.717, 1.165) is 27.9 Å². The van der Waals surface area contributed by atoms with Crippen LogP contribution in [0.5, 0.6) is 11.5 Å². The molecule has 2 aromatic carbocycles. The number of hydrogen-bond acceptors (Lipinski definition) is 6. The van der Waals surface area contributed by atoms with Crippen LogP contribution in [0.15, 0.2) is 48.7 Å². The molecule has 0 unspecified atom stereocenters. The van der Waals surface area contributed by atoms with E-state index < -0.39 is 0 Å². The summed E-state index contributed by atoms with van der Waals surface area (Å²) >= 11 is 0. The Morgan fingerprint density at radius 1 is 1.09 bits per heavy atom. The Morgan fingerprint density at radius 3 is 2.69 bits per heavy atom. The van der Waals surface area contributed by atoms with E-state index in [0.29, 0.717) is 34.9 Å². The van der Waals surface area contributed by atoms with Gasteiger partial charge < -0.3 is 20.1 Å². The first-order chi connectivity index (χ1) is 15.5. The van der Waals surface area contributed by atoms with Gasteiger partial charge in [-0.15, -0.1) is 0 Å². The van der Waals surface area contributed by atoms with Crippen molar-refractivity contribution in [2.24, 2.45) is 7.05 Å². The maximum atomic E-state index is 13.2. The molecule has 3 heterocycles. The van der Waals surface area contributed by atoms with Crippen LogP contribution in [0.25, 0.3) is 11.0 Å². The molecule has 8 nitrogen and oxygen atoms in total. The van der Waals surface area contributed by atoms with Crippen LogP contribution in [0.3, 0.4) is 0 Å². The lowest BCUT2D eigenvalue weighted by molar-refractivity contribution is 0.0951. The van der Waals surface area contributed by atoms with E-state index in [1.807, 2.05) is 63.4 Å². The lowest BCUT2D eigenvalue weighted by Gasteiger charge is -2.14. The summed E-state index contributed by atoms with van der Waals surface area (Å²) in [4.78, 5) is 17.7. The van der Waals surface area contributed by atoms with Gasteiger partial charge in [0.05, 0.1) is 22.3 Å². The molecule has 162 valence electrons. The van der Waals surface area contributed by atoms with Crippen LogP contribution >= 0.6 is 0 Å². The highest BCUT2D eigenvalue weighted by Gasteiger charge is 2.20. The fraction of sp³-hybridized carbons (Fsp3) is 0.208. The van der Waals surface area contributed by atoms with E-state index >= 15 is 0 Å². The molecule has 0 radical (unpaired) electrons. The molecule has 1 amide bonds. The fourth-order valence-corrected chi connectivity index (χ4v) is 3.82. The summed E-state index contributed by atoms with van der Waals surface area (Å²) in [5.74, 6) is 1.17. The molecule has 32 heavy (non-hydrogen) atoms. The Balaban J connectivity index is 1.47. The van der Waals surface area contributed by atoms with Crippen molar-refractivity contribution in [2.75, 3.05) is 12.1 Å². The van der Waals surface area contributed by atoms with Crippen molar-refractivity contribution < 1.29 is 14.3 Å². The number of aryl methyl sites for hydroxylation is 3. The monoisotopic (exact) mass is 429 g/mol. The normalized spacial score (nSPS) is 12.2. The number of nitrogens with zero attached hydrogens (tertiary/aromatic N) is 3. The number of carbonyl (C=O) groups is 1. The maximum Gasteiger partial charge on any atom is 0.255 e. The number of anilines is 2. The molecule has 0 atom stereocenters. The van der Waals surface area contributed by atoms with Crippen LogP contribution < -0.4 is 20.1 Å². The topological polar surface area (TPSA) is 90.3 Å². The number of ether oxygens (including phenoxy) is 2. The molecule has 2 aromatic heterocycles. The van der Waals surface area contributed by atoms with Crippen molar-refractivity contribution in [3.8, 4) is 11.5 Å². The summed E-state index contributed by atoms with van der Waals surface area (Å²) in [5, 5.41) is 11.7. The fourth-order valence-electron chi connectivity index (χ4n) is 3.82. The van der Waals surface area contributed by atoms with Gasteiger partial charge in [0.1, 0.15) is 0 Å². The van der Waals surface area contributed by atoms with Gasteiger partial charge in [0, 0.05) is 25.5 Å². The minimum absolute atomic E-state index is 0.218. The summed E-state index contributed by atoms with van der Waals surface area (Å²) in [6.45, 7) is 4.52. The molecule has 4 aromatic rings. The molecule has 0 fully saturated rings. The van der Waals surface area contributed by atoms with Crippen LogP contribution in [0, 0.1) is 13.8 Å². The predicted octanol–water partition coefficient (Wildman–Crippen LogP) is 3.99. The number of amides is 1. The smallest absolute Gasteiger partial charge is 0.255 e. The first-order valence-electron chi connectivity index (χ1n) is 10.3. The zero-order valence-electron chi connectivity index (χ0n) is 18.1. The molecule has 1 aliphatic rings. The van der Waals surface area contributed by atoms with Crippen LogP contribution in [0.2, 0.25) is 0 Å². The standard InChI is InChI=1S/C24H23N5O3/c1-14-4-7-17(8-5-14)27-22-18(12-25-23-21(22)15(2)28-29(23)3)24(30)26-11-16-6-9-19-20(10-16)32-13-31-19/h4-10,12H,11,13H2,1-3H3,(H,25,27)(H,26,30). The number of aromatic nitrogens is 3. The summed E-state index contributed by atoms with van der Waals surface area (Å²) in [7, 11) is 1.84. The molecule has 0 aliphatic carbocycles. The summed E-state index contributed by atoms with van der Waals surface area (Å²) < 4.78 is 12.5. The summed E-state index contributed by atoms with van der Waals surface area (Å²) in [6.07, 6.45) is 1.59. The van der Waals surface area contributed by atoms with Crippen molar-refractivity contribution in [2.45, 2.75) is 20.4 Å². The van der Waals surface area contributed by atoms with Crippen molar-refractivity contribution in [1.82, 2.24) is 20.1 Å². The van der Waals surface area contributed by atoms with Gasteiger partial charge in [0.25, 0.3) is 5.91 Å². The lowest BCUT2D eigenvalue weighted by atomic mass is 10.1. The average Bonchev–Trinajstić information content (AvgIpc) is 3.37. The minimum Gasteiger partial charge on any atom is -0.454 e. The lowest BCUT2D eigenvalue weighted by Crippen LogP contribution is -2.24. The first kappa shape index (κ1) is 19.9. The Morgan fingerprint density at radius 2 is 1.88 bits per heavy atom. The van der Waals surface area contributed by atoms with Gasteiger partial charge in [-0.05, 0) is 43.7 Å². The maximum absolute atomic E-state index is 13.2. The van der Waals surface area contributed by atoms with Gasteiger partial charge in [0.15, 0.2) is 17.1 Å². The van der Waals surface area contributed by atoms with Gasteiger partial charge in [-0.1, -0.05) is 23.8 Å². The molecular formula is C24H23N5O3. The number of nitrogens with one attached hydrogen (secondary N) is 2. The molecule has 0 saturated carbocycles. The van der Waals surface area contributed by atoms with Crippen LogP contribution in [-0.4, -0.2) is 27.5 Å². The van der Waals surface area contributed by atoms with Gasteiger partial charge in [-0.3, -0.25) is 9.48 Å². The average molecular weight is 429 g/mol. The molecule has 2 N–H and O–H groups in total. The van der Waals surface area contributed by atoms with E-state index in [4.69, 9.17) is 9.47 Å². The molecule has 1 aliphatic heterocycles. The highest BCUT2D eigenvalue weighted by molar-refractivity contribution is 6.08. The number of carbonyl (C=O) groups excluding carboxylic acids is 1. The van der Waals surface area contributed by atoms with E-state index in [1.165, 1.54) is 0 Å². The number of benzene rings is 2. The Labute approximate surface area is 185 Å². The third-order valence-corrected chi connectivity index (χ3v) is 5.48. The van der Waals surface area contributed by atoms with Crippen LogP contribution in [0.1, 0.15) is 27.2 Å². The number of rotatable bonds is 5. The van der Waals surface area contributed by atoms with Gasteiger partial charge in [0.2, 0.25) is 6.79 Å². The second-order valence-electron chi connectivity index (χ2n) is 7.82. The third-order valence-electron chi connectivity index (χ3n) is 5.48. The van der Waals surface area contributed by atoms with Crippen LogP contribution in [-0.2, 0) is 13.6 Å². The van der Waals surface area contributed by atoms with E-state index in [9.17, 15) is 4.79 Å². The molecular weight excluding hydrogens is 406 g/mol. The quantitative estimate of drug-likeness (QED) is 0.499. The number of pyridine rings is 1. The van der Waals surface area contributed by atoms with Crippen molar-refractivity contribution in [3.63, 3.8) is 0 Å². The third kappa shape index (κ3) is 3.60. The molecule has 8 heteroatoms. The van der Waals surface area contributed by atoms with Crippen molar-refractivity contribution in [3.05, 3.63) is 71.0 Å². The molecule has 0 spiro atoms. The molecule has 5 rings (SSSR count). The number of hydrogen-bond donors (Lipinski definition) is 2. The van der Waals surface area contributed by atoms with Crippen LogP contribution in [0.4, 0.5) is 11.4 Å². The highest BCUT2D eigenvalue weighted by atomic mass is 16.7.